The molecule has 0 bridgehead atoms. The third kappa shape index (κ3) is 7.28. The molecule has 0 saturated carbocycles. The largest absolute Gasteiger partial charge is 0.462 e. The standard InChI is InChI=1S/C15H20N2O5/c1-10(2)8-16-15(20)17-13(18)9-21-14(19)7-6-12-5-4-11(3)22-12/h4-7,10H,8-9H2,1-3H3,(H2,16,17,18,20). The fraction of sp³-hybridized carbons (Fsp3) is 0.400. The van der Waals surface area contributed by atoms with Crippen molar-refractivity contribution in [3.63, 3.8) is 0 Å². The molecule has 3 amide bonds. The molecular weight excluding hydrogens is 288 g/mol. The Morgan fingerprint density at radius 3 is 2.64 bits per heavy atom. The van der Waals surface area contributed by atoms with Crippen LogP contribution < -0.4 is 10.6 Å². The van der Waals surface area contributed by atoms with E-state index in [9.17, 15) is 14.4 Å². The fourth-order valence-electron chi connectivity index (χ4n) is 1.38. The molecule has 7 nitrogen and oxygen atoms in total. The number of hydrogen-bond donors (Lipinski definition) is 2. The van der Waals surface area contributed by atoms with E-state index in [0.29, 0.717) is 12.3 Å². The van der Waals surface area contributed by atoms with Crippen LogP contribution in [0.5, 0.6) is 0 Å². The summed E-state index contributed by atoms with van der Waals surface area (Å²) in [5.74, 6) is 0.101. The van der Waals surface area contributed by atoms with E-state index < -0.39 is 24.5 Å². The number of urea groups is 1. The summed E-state index contributed by atoms with van der Waals surface area (Å²) >= 11 is 0. The van der Waals surface area contributed by atoms with Crippen LogP contribution in [0.4, 0.5) is 4.79 Å². The number of hydrogen-bond acceptors (Lipinski definition) is 5. The quantitative estimate of drug-likeness (QED) is 0.615. The number of rotatable bonds is 6. The van der Waals surface area contributed by atoms with Crippen LogP contribution in [-0.4, -0.2) is 31.1 Å². The van der Waals surface area contributed by atoms with Gasteiger partial charge in [-0.15, -0.1) is 0 Å². The van der Waals surface area contributed by atoms with E-state index in [0.717, 1.165) is 11.8 Å². The van der Waals surface area contributed by atoms with E-state index in [1.165, 1.54) is 6.08 Å². The molecule has 0 saturated heterocycles. The SMILES string of the molecule is Cc1ccc(C=CC(=O)OCC(=O)NC(=O)NCC(C)C)o1. The second kappa shape index (κ2) is 8.66. The molecule has 1 aromatic heterocycles. The number of aryl methyl sites for hydroxylation is 1. The molecule has 1 heterocycles. The smallest absolute Gasteiger partial charge is 0.331 e. The predicted octanol–water partition coefficient (Wildman–Crippen LogP) is 1.63. The number of nitrogens with one attached hydrogen (secondary N) is 2. The zero-order chi connectivity index (χ0) is 16.5. The first kappa shape index (κ1) is 17.5. The minimum Gasteiger partial charge on any atom is -0.462 e. The number of carbonyl (C=O) groups is 3. The van der Waals surface area contributed by atoms with Crippen LogP contribution in [0, 0.1) is 12.8 Å². The molecule has 1 rings (SSSR count). The van der Waals surface area contributed by atoms with Crippen molar-refractivity contribution in [3.05, 3.63) is 29.7 Å². The lowest BCUT2D eigenvalue weighted by atomic mass is 10.2. The maximum absolute atomic E-state index is 11.4. The Morgan fingerprint density at radius 2 is 2.05 bits per heavy atom. The van der Waals surface area contributed by atoms with Crippen LogP contribution in [-0.2, 0) is 14.3 Å². The van der Waals surface area contributed by atoms with Crippen molar-refractivity contribution >= 4 is 24.0 Å². The maximum atomic E-state index is 11.4. The van der Waals surface area contributed by atoms with Gasteiger partial charge in [0.1, 0.15) is 11.5 Å². The highest BCUT2D eigenvalue weighted by atomic mass is 16.5. The first-order chi connectivity index (χ1) is 10.4. The van der Waals surface area contributed by atoms with Crippen molar-refractivity contribution in [3.8, 4) is 0 Å². The van der Waals surface area contributed by atoms with Crippen LogP contribution in [0.15, 0.2) is 22.6 Å². The van der Waals surface area contributed by atoms with Crippen LogP contribution in [0.1, 0.15) is 25.4 Å². The molecule has 22 heavy (non-hydrogen) atoms. The Hall–Kier alpha value is -2.57. The summed E-state index contributed by atoms with van der Waals surface area (Å²) in [6.45, 7) is 5.55. The second-order valence-electron chi connectivity index (χ2n) is 5.04. The van der Waals surface area contributed by atoms with Crippen molar-refractivity contribution in [1.82, 2.24) is 10.6 Å². The Morgan fingerprint density at radius 1 is 1.32 bits per heavy atom. The summed E-state index contributed by atoms with van der Waals surface area (Å²) in [5.41, 5.74) is 0. The number of ether oxygens (including phenoxy) is 1. The summed E-state index contributed by atoms with van der Waals surface area (Å²) in [5, 5.41) is 4.57. The van der Waals surface area contributed by atoms with Gasteiger partial charge in [0.25, 0.3) is 5.91 Å². The van der Waals surface area contributed by atoms with Crippen molar-refractivity contribution < 1.29 is 23.5 Å². The number of carbonyl (C=O) groups excluding carboxylic acids is 3. The summed E-state index contributed by atoms with van der Waals surface area (Å²) in [7, 11) is 0. The normalized spacial score (nSPS) is 10.7. The minimum atomic E-state index is -0.702. The average Bonchev–Trinajstić information content (AvgIpc) is 2.86. The molecule has 0 atom stereocenters. The second-order valence-corrected chi connectivity index (χ2v) is 5.04. The molecule has 0 aliphatic heterocycles. The molecule has 0 aliphatic carbocycles. The summed E-state index contributed by atoms with van der Waals surface area (Å²) in [4.78, 5) is 34.1. The van der Waals surface area contributed by atoms with Gasteiger partial charge in [-0.05, 0) is 31.1 Å². The molecule has 1 aromatic rings. The highest BCUT2D eigenvalue weighted by Crippen LogP contribution is 2.07. The van der Waals surface area contributed by atoms with E-state index >= 15 is 0 Å². The first-order valence-corrected chi connectivity index (χ1v) is 6.85. The lowest BCUT2D eigenvalue weighted by Crippen LogP contribution is -2.42. The van der Waals surface area contributed by atoms with E-state index in [1.807, 2.05) is 13.8 Å². The van der Waals surface area contributed by atoms with Gasteiger partial charge in [0.2, 0.25) is 0 Å². The molecule has 7 heteroatoms. The van der Waals surface area contributed by atoms with E-state index in [1.54, 1.807) is 19.1 Å². The van der Waals surface area contributed by atoms with Crippen molar-refractivity contribution in [2.75, 3.05) is 13.2 Å². The molecular formula is C15H20N2O5. The third-order valence-corrected chi connectivity index (χ3v) is 2.41. The first-order valence-electron chi connectivity index (χ1n) is 6.85. The number of amides is 3. The van der Waals surface area contributed by atoms with Gasteiger partial charge in [-0.1, -0.05) is 13.8 Å². The van der Waals surface area contributed by atoms with Gasteiger partial charge in [0, 0.05) is 12.6 Å². The summed E-state index contributed by atoms with van der Waals surface area (Å²) in [6.07, 6.45) is 2.58. The summed E-state index contributed by atoms with van der Waals surface area (Å²) < 4.78 is 9.93. The van der Waals surface area contributed by atoms with Crippen LogP contribution in [0.25, 0.3) is 6.08 Å². The molecule has 2 N–H and O–H groups in total. The van der Waals surface area contributed by atoms with Gasteiger partial charge < -0.3 is 14.5 Å². The molecule has 0 unspecified atom stereocenters. The zero-order valence-electron chi connectivity index (χ0n) is 12.8. The van der Waals surface area contributed by atoms with E-state index in [4.69, 9.17) is 9.15 Å². The Bertz CT molecular complexity index is 560. The van der Waals surface area contributed by atoms with Crippen LogP contribution in [0.2, 0.25) is 0 Å². The van der Waals surface area contributed by atoms with E-state index in [-0.39, 0.29) is 5.92 Å². The predicted molar refractivity (Wildman–Crippen MR) is 79.8 cm³/mol. The van der Waals surface area contributed by atoms with Gasteiger partial charge >= 0.3 is 12.0 Å². The van der Waals surface area contributed by atoms with Gasteiger partial charge in [-0.3, -0.25) is 10.1 Å². The highest BCUT2D eigenvalue weighted by molar-refractivity contribution is 5.96. The molecule has 0 radical (unpaired) electrons. The lowest BCUT2D eigenvalue weighted by Gasteiger charge is -2.08. The number of furan rings is 1. The molecule has 0 aromatic carbocycles. The molecule has 120 valence electrons. The van der Waals surface area contributed by atoms with Crippen molar-refractivity contribution in [2.45, 2.75) is 20.8 Å². The molecule has 0 fully saturated rings. The van der Waals surface area contributed by atoms with Crippen molar-refractivity contribution in [1.29, 1.82) is 0 Å². The lowest BCUT2D eigenvalue weighted by molar-refractivity contribution is -0.143. The van der Waals surface area contributed by atoms with Gasteiger partial charge in [-0.25, -0.2) is 9.59 Å². The third-order valence-electron chi connectivity index (χ3n) is 2.41. The highest BCUT2D eigenvalue weighted by Gasteiger charge is 2.09. The zero-order valence-corrected chi connectivity index (χ0v) is 12.8. The molecule has 0 spiro atoms. The topological polar surface area (TPSA) is 97.6 Å². The van der Waals surface area contributed by atoms with E-state index in [2.05, 4.69) is 10.6 Å². The molecule has 0 aliphatic rings. The maximum Gasteiger partial charge on any atom is 0.331 e. The van der Waals surface area contributed by atoms with Gasteiger partial charge in [0.05, 0.1) is 0 Å². The van der Waals surface area contributed by atoms with Crippen LogP contribution in [0.3, 0.4) is 0 Å². The monoisotopic (exact) mass is 308 g/mol. The Labute approximate surface area is 128 Å². The fourth-order valence-corrected chi connectivity index (χ4v) is 1.38. The minimum absolute atomic E-state index is 0.272. The van der Waals surface area contributed by atoms with Crippen molar-refractivity contribution in [2.24, 2.45) is 5.92 Å². The van der Waals surface area contributed by atoms with Gasteiger partial charge in [0.15, 0.2) is 6.61 Å². The number of imide groups is 1. The average molecular weight is 308 g/mol. The van der Waals surface area contributed by atoms with Gasteiger partial charge in [-0.2, -0.15) is 0 Å². The Kier molecular flexibility index (Phi) is 6.88. The number of esters is 1. The summed E-state index contributed by atoms with van der Waals surface area (Å²) in [6, 6.07) is 2.84. The Balaban J connectivity index is 2.27. The van der Waals surface area contributed by atoms with Crippen LogP contribution >= 0.6 is 0 Å².